The summed E-state index contributed by atoms with van der Waals surface area (Å²) in [5.74, 6) is 1.17. The first kappa shape index (κ1) is 17.2. The molecule has 1 amide bonds. The Kier molecular flexibility index (Phi) is 5.17. The van der Waals surface area contributed by atoms with Crippen LogP contribution in [-0.2, 0) is 11.2 Å². The summed E-state index contributed by atoms with van der Waals surface area (Å²) in [5, 5.41) is 3.09. The summed E-state index contributed by atoms with van der Waals surface area (Å²) in [7, 11) is 0. The van der Waals surface area contributed by atoms with E-state index in [9.17, 15) is 4.79 Å². The average molecular weight is 335 g/mol. The normalized spacial score (nSPS) is 12.5. The maximum atomic E-state index is 12.7. The van der Waals surface area contributed by atoms with E-state index in [4.69, 9.17) is 0 Å². The van der Waals surface area contributed by atoms with E-state index in [-0.39, 0.29) is 17.7 Å². The largest absolute Gasteiger partial charge is 0.355 e. The van der Waals surface area contributed by atoms with Crippen molar-refractivity contribution in [2.45, 2.75) is 33.1 Å². The summed E-state index contributed by atoms with van der Waals surface area (Å²) < 4.78 is 2.06. The predicted octanol–water partition coefficient (Wildman–Crippen LogP) is 3.74. The number of nitrogens with one attached hydrogen (secondary N) is 1. The number of benzene rings is 1. The number of hydrogen-bond donors (Lipinski definition) is 1. The summed E-state index contributed by atoms with van der Waals surface area (Å²) in [5.41, 5.74) is 3.35. The molecule has 25 heavy (non-hydrogen) atoms. The topological polar surface area (TPSA) is 46.4 Å². The van der Waals surface area contributed by atoms with Gasteiger partial charge in [0.05, 0.1) is 17.6 Å². The quantitative estimate of drug-likeness (QED) is 0.746. The molecule has 1 unspecified atom stereocenters. The highest BCUT2D eigenvalue weighted by molar-refractivity contribution is 5.83. The molecule has 0 spiro atoms. The highest BCUT2D eigenvalue weighted by Crippen LogP contribution is 2.25. The molecule has 0 radical (unpaired) electrons. The van der Waals surface area contributed by atoms with E-state index in [1.165, 1.54) is 5.56 Å². The van der Waals surface area contributed by atoms with Gasteiger partial charge in [0.25, 0.3) is 0 Å². The molecule has 0 aliphatic carbocycles. The van der Waals surface area contributed by atoms with Gasteiger partial charge in [0.1, 0.15) is 5.82 Å². The summed E-state index contributed by atoms with van der Waals surface area (Å²) in [6.45, 7) is 6.82. The number of nitrogens with zero attached hydrogens (tertiary/aromatic N) is 2. The van der Waals surface area contributed by atoms with E-state index in [1.54, 1.807) is 0 Å². The fraction of sp³-hybridized carbons (Fsp3) is 0.333. The van der Waals surface area contributed by atoms with Crippen LogP contribution in [0.5, 0.6) is 0 Å². The lowest BCUT2D eigenvalue weighted by molar-refractivity contribution is -0.123. The minimum atomic E-state index is -0.127. The van der Waals surface area contributed by atoms with Gasteiger partial charge in [-0.3, -0.25) is 4.79 Å². The van der Waals surface area contributed by atoms with Gasteiger partial charge in [-0.2, -0.15) is 0 Å². The molecule has 0 fully saturated rings. The van der Waals surface area contributed by atoms with Crippen molar-refractivity contribution in [2.24, 2.45) is 5.92 Å². The number of carbonyl (C=O) groups is 1. The van der Waals surface area contributed by atoms with Crippen molar-refractivity contribution in [1.82, 2.24) is 14.7 Å². The van der Waals surface area contributed by atoms with E-state index < -0.39 is 0 Å². The maximum absolute atomic E-state index is 12.7. The van der Waals surface area contributed by atoms with Gasteiger partial charge in [0.15, 0.2) is 0 Å². The molecule has 0 saturated heterocycles. The van der Waals surface area contributed by atoms with Gasteiger partial charge in [-0.1, -0.05) is 49.7 Å². The Morgan fingerprint density at radius 3 is 2.64 bits per heavy atom. The van der Waals surface area contributed by atoms with E-state index in [2.05, 4.69) is 59.7 Å². The van der Waals surface area contributed by atoms with Crippen LogP contribution in [0, 0.1) is 12.8 Å². The number of fused-ring (bicyclic) bond motifs is 1. The van der Waals surface area contributed by atoms with Crippen LogP contribution in [0.4, 0.5) is 0 Å². The fourth-order valence-corrected chi connectivity index (χ4v) is 3.20. The molecule has 3 rings (SSSR count). The summed E-state index contributed by atoms with van der Waals surface area (Å²) in [6, 6.07) is 14.3. The third kappa shape index (κ3) is 3.90. The van der Waals surface area contributed by atoms with Crippen molar-refractivity contribution in [1.29, 1.82) is 0 Å². The van der Waals surface area contributed by atoms with E-state index >= 15 is 0 Å². The molecule has 4 nitrogen and oxygen atoms in total. The highest BCUT2D eigenvalue weighted by atomic mass is 16.1. The fourth-order valence-electron chi connectivity index (χ4n) is 3.20. The van der Waals surface area contributed by atoms with Gasteiger partial charge in [0, 0.05) is 19.2 Å². The van der Waals surface area contributed by atoms with Gasteiger partial charge in [0.2, 0.25) is 5.91 Å². The zero-order chi connectivity index (χ0) is 17.8. The first-order valence-electron chi connectivity index (χ1n) is 8.81. The molecule has 1 aromatic carbocycles. The van der Waals surface area contributed by atoms with Crippen LogP contribution in [0.3, 0.4) is 0 Å². The SMILES string of the molecule is Cc1ccc(C(C(=O)NCCc2ncc3ccccn23)C(C)C)cc1. The van der Waals surface area contributed by atoms with Gasteiger partial charge < -0.3 is 9.72 Å². The smallest absolute Gasteiger partial charge is 0.227 e. The minimum Gasteiger partial charge on any atom is -0.355 e. The number of pyridine rings is 1. The predicted molar refractivity (Wildman–Crippen MR) is 101 cm³/mol. The van der Waals surface area contributed by atoms with Crippen LogP contribution in [-0.4, -0.2) is 21.8 Å². The Labute approximate surface area is 148 Å². The first-order chi connectivity index (χ1) is 12.1. The number of aryl methyl sites for hydroxylation is 1. The standard InChI is InChI=1S/C21H25N3O/c1-15(2)20(17-9-7-16(3)8-10-17)21(25)22-12-11-19-23-14-18-6-4-5-13-24(18)19/h4-10,13-15,20H,11-12H2,1-3H3,(H,22,25). The number of imidazole rings is 1. The highest BCUT2D eigenvalue weighted by Gasteiger charge is 2.23. The van der Waals surface area contributed by atoms with Crippen LogP contribution < -0.4 is 5.32 Å². The Morgan fingerprint density at radius 1 is 1.16 bits per heavy atom. The second-order valence-electron chi connectivity index (χ2n) is 6.84. The maximum Gasteiger partial charge on any atom is 0.227 e. The third-order valence-electron chi connectivity index (χ3n) is 4.55. The number of hydrogen-bond acceptors (Lipinski definition) is 2. The zero-order valence-electron chi connectivity index (χ0n) is 15.1. The molecule has 0 bridgehead atoms. The van der Waals surface area contributed by atoms with E-state index in [0.29, 0.717) is 13.0 Å². The monoisotopic (exact) mass is 335 g/mol. The Morgan fingerprint density at radius 2 is 1.92 bits per heavy atom. The van der Waals surface area contributed by atoms with Gasteiger partial charge in [-0.25, -0.2) is 4.98 Å². The van der Waals surface area contributed by atoms with Gasteiger partial charge in [-0.05, 0) is 30.5 Å². The van der Waals surface area contributed by atoms with Crippen LogP contribution in [0.25, 0.3) is 5.52 Å². The number of rotatable bonds is 6. The minimum absolute atomic E-state index is 0.0831. The molecule has 1 N–H and O–H groups in total. The lowest BCUT2D eigenvalue weighted by Crippen LogP contribution is -2.33. The van der Waals surface area contributed by atoms with E-state index in [0.717, 1.165) is 16.9 Å². The molecule has 1 atom stereocenters. The van der Waals surface area contributed by atoms with E-state index in [1.807, 2.05) is 30.6 Å². The van der Waals surface area contributed by atoms with Crippen molar-refractivity contribution in [3.8, 4) is 0 Å². The Bertz CT molecular complexity index is 849. The summed E-state index contributed by atoms with van der Waals surface area (Å²) in [4.78, 5) is 17.2. The van der Waals surface area contributed by atoms with Gasteiger partial charge in [-0.15, -0.1) is 0 Å². The Balaban J connectivity index is 1.65. The summed E-state index contributed by atoms with van der Waals surface area (Å²) in [6.07, 6.45) is 4.58. The van der Waals surface area contributed by atoms with Crippen molar-refractivity contribution >= 4 is 11.4 Å². The molecule has 0 aliphatic rings. The third-order valence-corrected chi connectivity index (χ3v) is 4.55. The summed E-state index contributed by atoms with van der Waals surface area (Å²) >= 11 is 0. The lowest BCUT2D eigenvalue weighted by Gasteiger charge is -2.21. The van der Waals surface area contributed by atoms with Gasteiger partial charge >= 0.3 is 0 Å². The number of amides is 1. The zero-order valence-corrected chi connectivity index (χ0v) is 15.1. The molecular weight excluding hydrogens is 310 g/mol. The Hall–Kier alpha value is -2.62. The van der Waals surface area contributed by atoms with Crippen molar-refractivity contribution in [2.75, 3.05) is 6.54 Å². The van der Waals surface area contributed by atoms with Crippen LogP contribution in [0.2, 0.25) is 0 Å². The van der Waals surface area contributed by atoms with Crippen LogP contribution >= 0.6 is 0 Å². The van der Waals surface area contributed by atoms with Crippen LogP contribution in [0.1, 0.15) is 36.7 Å². The molecule has 2 aromatic heterocycles. The molecule has 130 valence electrons. The lowest BCUT2D eigenvalue weighted by atomic mass is 9.87. The second kappa shape index (κ2) is 7.51. The molecule has 3 aromatic rings. The number of aromatic nitrogens is 2. The second-order valence-corrected chi connectivity index (χ2v) is 6.84. The molecule has 0 saturated carbocycles. The first-order valence-corrected chi connectivity index (χ1v) is 8.81. The molecule has 4 heteroatoms. The van der Waals surface area contributed by atoms with Crippen LogP contribution in [0.15, 0.2) is 54.9 Å². The van der Waals surface area contributed by atoms with Crippen molar-refractivity contribution < 1.29 is 4.79 Å². The molecular formula is C21H25N3O. The molecule has 2 heterocycles. The van der Waals surface area contributed by atoms with Crippen molar-refractivity contribution in [3.63, 3.8) is 0 Å². The number of carbonyl (C=O) groups excluding carboxylic acids is 1. The van der Waals surface area contributed by atoms with Crippen molar-refractivity contribution in [3.05, 3.63) is 71.8 Å². The average Bonchev–Trinajstić information content (AvgIpc) is 3.00. The molecule has 0 aliphatic heterocycles.